The van der Waals surface area contributed by atoms with Gasteiger partial charge < -0.3 is 10.2 Å². The topological polar surface area (TPSA) is 49.4 Å². The number of nitrogens with one attached hydrogen (secondary N) is 1. The van der Waals surface area contributed by atoms with E-state index in [4.69, 9.17) is 0 Å². The van der Waals surface area contributed by atoms with Gasteiger partial charge in [0, 0.05) is 17.7 Å². The SMILES string of the molecule is O=C(NC1CCCC1)[C@@H]1CSCN1C(=O)C1CC1. The standard InChI is InChI=1S/C13H20N2O2S/c16-12(14-10-3-1-2-4-10)11-7-18-8-15(11)13(17)9-5-6-9/h9-11H,1-8H2,(H,14,16)/t11-/m0/s1. The Morgan fingerprint density at radius 1 is 1.11 bits per heavy atom. The smallest absolute Gasteiger partial charge is 0.243 e. The van der Waals surface area contributed by atoms with E-state index in [1.165, 1.54) is 12.8 Å². The number of hydrogen-bond acceptors (Lipinski definition) is 3. The fourth-order valence-electron chi connectivity index (χ4n) is 2.81. The Kier molecular flexibility index (Phi) is 3.50. The van der Waals surface area contributed by atoms with Crippen molar-refractivity contribution >= 4 is 23.6 Å². The van der Waals surface area contributed by atoms with Crippen molar-refractivity contribution in [3.8, 4) is 0 Å². The maximum absolute atomic E-state index is 12.2. The summed E-state index contributed by atoms with van der Waals surface area (Å²) >= 11 is 1.69. The van der Waals surface area contributed by atoms with Crippen molar-refractivity contribution in [2.45, 2.75) is 50.6 Å². The summed E-state index contributed by atoms with van der Waals surface area (Å²) in [5.41, 5.74) is 0. The Labute approximate surface area is 112 Å². The molecule has 1 heterocycles. The zero-order valence-electron chi connectivity index (χ0n) is 10.6. The third kappa shape index (κ3) is 2.51. The van der Waals surface area contributed by atoms with Gasteiger partial charge in [0.25, 0.3) is 0 Å². The molecule has 100 valence electrons. The molecule has 0 aromatic carbocycles. The van der Waals surface area contributed by atoms with E-state index in [-0.39, 0.29) is 23.8 Å². The van der Waals surface area contributed by atoms with Crippen molar-refractivity contribution in [2.24, 2.45) is 5.92 Å². The molecule has 1 saturated heterocycles. The molecular weight excluding hydrogens is 248 g/mol. The maximum atomic E-state index is 12.2. The Bertz CT molecular complexity index is 351. The number of rotatable bonds is 3. The quantitative estimate of drug-likeness (QED) is 0.841. The molecule has 3 rings (SSSR count). The summed E-state index contributed by atoms with van der Waals surface area (Å²) in [5, 5.41) is 3.12. The lowest BCUT2D eigenvalue weighted by atomic mass is 10.2. The fourth-order valence-corrected chi connectivity index (χ4v) is 3.97. The van der Waals surface area contributed by atoms with Crippen molar-refractivity contribution in [2.75, 3.05) is 11.6 Å². The van der Waals surface area contributed by atoms with Crippen LogP contribution in [0.25, 0.3) is 0 Å². The van der Waals surface area contributed by atoms with Crippen molar-refractivity contribution in [3.63, 3.8) is 0 Å². The van der Waals surface area contributed by atoms with E-state index < -0.39 is 0 Å². The van der Waals surface area contributed by atoms with E-state index in [0.717, 1.165) is 31.4 Å². The Morgan fingerprint density at radius 3 is 2.50 bits per heavy atom. The number of nitrogens with zero attached hydrogens (tertiary/aromatic N) is 1. The summed E-state index contributed by atoms with van der Waals surface area (Å²) in [4.78, 5) is 26.1. The molecule has 0 aromatic heterocycles. The normalized spacial score (nSPS) is 28.7. The number of hydrogen-bond donors (Lipinski definition) is 1. The molecule has 4 nitrogen and oxygen atoms in total. The van der Waals surface area contributed by atoms with Crippen LogP contribution in [0.1, 0.15) is 38.5 Å². The highest BCUT2D eigenvalue weighted by Crippen LogP contribution is 2.34. The molecule has 18 heavy (non-hydrogen) atoms. The van der Waals surface area contributed by atoms with Gasteiger partial charge in [-0.25, -0.2) is 0 Å². The minimum Gasteiger partial charge on any atom is -0.352 e. The molecule has 2 amide bonds. The fraction of sp³-hybridized carbons (Fsp3) is 0.846. The van der Waals surface area contributed by atoms with E-state index in [2.05, 4.69) is 5.32 Å². The first kappa shape index (κ1) is 12.3. The maximum Gasteiger partial charge on any atom is 0.243 e. The molecule has 5 heteroatoms. The molecule has 3 aliphatic rings. The van der Waals surface area contributed by atoms with Gasteiger partial charge in [-0.05, 0) is 25.7 Å². The van der Waals surface area contributed by atoms with Crippen molar-refractivity contribution in [3.05, 3.63) is 0 Å². The van der Waals surface area contributed by atoms with Crippen LogP contribution in [-0.2, 0) is 9.59 Å². The lowest BCUT2D eigenvalue weighted by Gasteiger charge is -2.24. The predicted octanol–water partition coefficient (Wildman–Crippen LogP) is 1.36. The first-order chi connectivity index (χ1) is 8.75. The average Bonchev–Trinajstić information content (AvgIpc) is 2.89. The van der Waals surface area contributed by atoms with Crippen molar-refractivity contribution in [1.29, 1.82) is 0 Å². The molecule has 2 aliphatic carbocycles. The summed E-state index contributed by atoms with van der Waals surface area (Å²) in [6.07, 6.45) is 6.66. The monoisotopic (exact) mass is 268 g/mol. The highest BCUT2D eigenvalue weighted by atomic mass is 32.2. The largest absolute Gasteiger partial charge is 0.352 e. The molecule has 0 aromatic rings. The molecule has 1 atom stereocenters. The van der Waals surface area contributed by atoms with Crippen LogP contribution in [-0.4, -0.2) is 40.4 Å². The number of amides is 2. The molecule has 0 unspecified atom stereocenters. The first-order valence-corrected chi connectivity index (χ1v) is 8.10. The van der Waals surface area contributed by atoms with E-state index in [1.807, 2.05) is 0 Å². The summed E-state index contributed by atoms with van der Waals surface area (Å²) < 4.78 is 0. The van der Waals surface area contributed by atoms with Gasteiger partial charge in [-0.2, -0.15) is 0 Å². The molecule has 1 N–H and O–H groups in total. The first-order valence-electron chi connectivity index (χ1n) is 6.94. The van der Waals surface area contributed by atoms with Crippen LogP contribution in [0, 0.1) is 5.92 Å². The van der Waals surface area contributed by atoms with Gasteiger partial charge >= 0.3 is 0 Å². The van der Waals surface area contributed by atoms with Crippen LogP contribution < -0.4 is 5.32 Å². The zero-order chi connectivity index (χ0) is 12.5. The van der Waals surface area contributed by atoms with E-state index >= 15 is 0 Å². The summed E-state index contributed by atoms with van der Waals surface area (Å²) in [7, 11) is 0. The highest BCUT2D eigenvalue weighted by Gasteiger charge is 2.41. The van der Waals surface area contributed by atoms with Crippen molar-refractivity contribution < 1.29 is 9.59 Å². The van der Waals surface area contributed by atoms with Gasteiger partial charge in [0.2, 0.25) is 11.8 Å². The molecule has 0 bridgehead atoms. The second kappa shape index (κ2) is 5.11. The van der Waals surface area contributed by atoms with Crippen LogP contribution in [0.15, 0.2) is 0 Å². The minimum absolute atomic E-state index is 0.0703. The van der Waals surface area contributed by atoms with Gasteiger partial charge in [-0.1, -0.05) is 12.8 Å². The molecule has 1 aliphatic heterocycles. The van der Waals surface area contributed by atoms with E-state index in [9.17, 15) is 9.59 Å². The van der Waals surface area contributed by atoms with E-state index in [0.29, 0.717) is 11.9 Å². The third-order valence-electron chi connectivity index (χ3n) is 4.10. The van der Waals surface area contributed by atoms with Gasteiger partial charge in [0.05, 0.1) is 5.88 Å². The second-order valence-electron chi connectivity index (χ2n) is 5.59. The summed E-state index contributed by atoms with van der Waals surface area (Å²) in [6, 6.07) is 0.129. The average molecular weight is 268 g/mol. The molecule has 3 fully saturated rings. The Morgan fingerprint density at radius 2 is 1.83 bits per heavy atom. The van der Waals surface area contributed by atoms with Crippen LogP contribution in [0.3, 0.4) is 0 Å². The number of thioether (sulfide) groups is 1. The Hall–Kier alpha value is -0.710. The van der Waals surface area contributed by atoms with Gasteiger partial charge in [0.1, 0.15) is 6.04 Å². The minimum atomic E-state index is -0.219. The summed E-state index contributed by atoms with van der Waals surface area (Å²) in [5.74, 6) is 1.94. The molecule has 2 saturated carbocycles. The number of carbonyl (C=O) groups is 2. The van der Waals surface area contributed by atoms with Gasteiger partial charge in [-0.15, -0.1) is 11.8 Å². The summed E-state index contributed by atoms with van der Waals surface area (Å²) in [6.45, 7) is 0. The molecule has 0 spiro atoms. The van der Waals surface area contributed by atoms with Crippen LogP contribution in [0.5, 0.6) is 0 Å². The highest BCUT2D eigenvalue weighted by molar-refractivity contribution is 7.99. The lowest BCUT2D eigenvalue weighted by molar-refractivity contribution is -0.139. The third-order valence-corrected chi connectivity index (χ3v) is 5.11. The molecular formula is C13H20N2O2S. The van der Waals surface area contributed by atoms with Crippen LogP contribution in [0.2, 0.25) is 0 Å². The molecule has 0 radical (unpaired) electrons. The Balaban J connectivity index is 1.58. The lowest BCUT2D eigenvalue weighted by Crippen LogP contribution is -2.49. The van der Waals surface area contributed by atoms with Crippen molar-refractivity contribution in [1.82, 2.24) is 10.2 Å². The zero-order valence-corrected chi connectivity index (χ0v) is 11.4. The van der Waals surface area contributed by atoms with Crippen LogP contribution >= 0.6 is 11.8 Å². The second-order valence-corrected chi connectivity index (χ2v) is 6.59. The van der Waals surface area contributed by atoms with Crippen LogP contribution in [0.4, 0.5) is 0 Å². The van der Waals surface area contributed by atoms with E-state index in [1.54, 1.807) is 16.7 Å². The predicted molar refractivity (Wildman–Crippen MR) is 71.1 cm³/mol. The number of carbonyl (C=O) groups excluding carboxylic acids is 2. The van der Waals surface area contributed by atoms with Gasteiger partial charge in [0.15, 0.2) is 0 Å². The van der Waals surface area contributed by atoms with Gasteiger partial charge in [-0.3, -0.25) is 9.59 Å².